The van der Waals surface area contributed by atoms with Crippen molar-refractivity contribution in [2.45, 2.75) is 32.2 Å². The zero-order chi connectivity index (χ0) is 13.8. The summed E-state index contributed by atoms with van der Waals surface area (Å²) >= 11 is 0. The second kappa shape index (κ2) is 6.65. The Morgan fingerprint density at radius 2 is 1.95 bits per heavy atom. The minimum Gasteiger partial charge on any atom is -0.380 e. The number of ether oxygens (including phenoxy) is 1. The van der Waals surface area contributed by atoms with E-state index in [1.807, 2.05) is 6.92 Å². The molecular formula is C14H24N4O2. The SMILES string of the molecule is CCOCCN1CCN(Cc2noc(C3CC3)n2)CC1. The van der Waals surface area contributed by atoms with Gasteiger partial charge < -0.3 is 9.26 Å². The van der Waals surface area contributed by atoms with Gasteiger partial charge in [0.15, 0.2) is 5.82 Å². The third-order valence-electron chi connectivity index (χ3n) is 4.00. The normalized spacial score (nSPS) is 21.4. The van der Waals surface area contributed by atoms with Crippen LogP contribution in [0.3, 0.4) is 0 Å². The van der Waals surface area contributed by atoms with Crippen molar-refractivity contribution in [2.24, 2.45) is 0 Å². The Kier molecular flexibility index (Phi) is 4.65. The van der Waals surface area contributed by atoms with E-state index in [0.717, 1.165) is 64.2 Å². The summed E-state index contributed by atoms with van der Waals surface area (Å²) in [5, 5.41) is 4.09. The van der Waals surface area contributed by atoms with Crippen molar-refractivity contribution in [3.63, 3.8) is 0 Å². The molecule has 0 aromatic carbocycles. The Balaban J connectivity index is 1.39. The Hall–Kier alpha value is -0.980. The van der Waals surface area contributed by atoms with Crippen LogP contribution in [0.4, 0.5) is 0 Å². The Morgan fingerprint density at radius 3 is 2.65 bits per heavy atom. The lowest BCUT2D eigenvalue weighted by atomic mass is 10.3. The highest BCUT2D eigenvalue weighted by Gasteiger charge is 2.30. The maximum Gasteiger partial charge on any atom is 0.229 e. The largest absolute Gasteiger partial charge is 0.380 e. The van der Waals surface area contributed by atoms with Crippen LogP contribution in [0, 0.1) is 0 Å². The fourth-order valence-electron chi connectivity index (χ4n) is 2.54. The third-order valence-corrected chi connectivity index (χ3v) is 4.00. The minimum atomic E-state index is 0.548. The summed E-state index contributed by atoms with van der Waals surface area (Å²) in [5.41, 5.74) is 0. The van der Waals surface area contributed by atoms with Crippen LogP contribution < -0.4 is 0 Å². The molecule has 0 spiro atoms. The first kappa shape index (κ1) is 14.0. The van der Waals surface area contributed by atoms with Crippen molar-refractivity contribution in [1.29, 1.82) is 0 Å². The van der Waals surface area contributed by atoms with Gasteiger partial charge in [0.2, 0.25) is 5.89 Å². The summed E-state index contributed by atoms with van der Waals surface area (Å²) in [5.74, 6) is 2.23. The van der Waals surface area contributed by atoms with Crippen LogP contribution in [0.2, 0.25) is 0 Å². The van der Waals surface area contributed by atoms with Crippen molar-refractivity contribution in [3.05, 3.63) is 11.7 Å². The van der Waals surface area contributed by atoms with E-state index in [-0.39, 0.29) is 0 Å². The quantitative estimate of drug-likeness (QED) is 0.697. The predicted octanol–water partition coefficient (Wildman–Crippen LogP) is 1.10. The highest BCUT2D eigenvalue weighted by molar-refractivity contribution is 5.01. The van der Waals surface area contributed by atoms with E-state index in [0.29, 0.717) is 5.92 Å². The second-order valence-electron chi connectivity index (χ2n) is 5.64. The number of piperazine rings is 1. The van der Waals surface area contributed by atoms with Crippen LogP contribution in [0.25, 0.3) is 0 Å². The molecule has 0 N–H and O–H groups in total. The molecule has 2 aliphatic rings. The van der Waals surface area contributed by atoms with Crippen LogP contribution in [-0.4, -0.2) is 65.9 Å². The number of hydrogen-bond acceptors (Lipinski definition) is 6. The van der Waals surface area contributed by atoms with Crippen LogP contribution >= 0.6 is 0 Å². The molecule has 1 aromatic heterocycles. The van der Waals surface area contributed by atoms with Crippen LogP contribution in [0.1, 0.15) is 37.4 Å². The monoisotopic (exact) mass is 280 g/mol. The smallest absolute Gasteiger partial charge is 0.229 e. The third kappa shape index (κ3) is 3.77. The lowest BCUT2D eigenvalue weighted by molar-refractivity contribution is 0.0775. The van der Waals surface area contributed by atoms with Gasteiger partial charge in [-0.15, -0.1) is 0 Å². The first-order valence-electron chi connectivity index (χ1n) is 7.70. The van der Waals surface area contributed by atoms with Gasteiger partial charge in [0.1, 0.15) is 0 Å². The topological polar surface area (TPSA) is 54.6 Å². The summed E-state index contributed by atoms with van der Waals surface area (Å²) in [7, 11) is 0. The van der Waals surface area contributed by atoms with Gasteiger partial charge in [0.05, 0.1) is 13.2 Å². The summed E-state index contributed by atoms with van der Waals surface area (Å²) in [6, 6.07) is 0. The molecule has 0 radical (unpaired) electrons. The molecular weight excluding hydrogens is 256 g/mol. The van der Waals surface area contributed by atoms with Crippen LogP contribution in [0.15, 0.2) is 4.52 Å². The van der Waals surface area contributed by atoms with Gasteiger partial charge in [-0.1, -0.05) is 5.16 Å². The van der Waals surface area contributed by atoms with Gasteiger partial charge in [-0.3, -0.25) is 9.80 Å². The average Bonchev–Trinajstić information content (AvgIpc) is 3.22. The molecule has 1 aliphatic carbocycles. The summed E-state index contributed by atoms with van der Waals surface area (Å²) < 4.78 is 10.7. The molecule has 20 heavy (non-hydrogen) atoms. The predicted molar refractivity (Wildman–Crippen MR) is 74.5 cm³/mol. The molecule has 6 heteroatoms. The first-order chi connectivity index (χ1) is 9.85. The molecule has 2 heterocycles. The minimum absolute atomic E-state index is 0.548. The van der Waals surface area contributed by atoms with Crippen molar-refractivity contribution in [1.82, 2.24) is 19.9 Å². The molecule has 112 valence electrons. The highest BCUT2D eigenvalue weighted by atomic mass is 16.5. The first-order valence-corrected chi connectivity index (χ1v) is 7.70. The van der Waals surface area contributed by atoms with Crippen LogP contribution in [0.5, 0.6) is 0 Å². The van der Waals surface area contributed by atoms with Crippen molar-refractivity contribution in [2.75, 3.05) is 45.9 Å². The van der Waals surface area contributed by atoms with Gasteiger partial charge in [-0.25, -0.2) is 0 Å². The van der Waals surface area contributed by atoms with E-state index in [9.17, 15) is 0 Å². The van der Waals surface area contributed by atoms with Crippen molar-refractivity contribution >= 4 is 0 Å². The highest BCUT2D eigenvalue weighted by Crippen LogP contribution is 2.38. The fourth-order valence-corrected chi connectivity index (χ4v) is 2.54. The maximum atomic E-state index is 5.40. The molecule has 0 bridgehead atoms. The lowest BCUT2D eigenvalue weighted by Gasteiger charge is -2.33. The Morgan fingerprint density at radius 1 is 1.20 bits per heavy atom. The fraction of sp³-hybridized carbons (Fsp3) is 0.857. The molecule has 1 aliphatic heterocycles. The van der Waals surface area contributed by atoms with Gasteiger partial charge in [0.25, 0.3) is 0 Å². The number of hydrogen-bond donors (Lipinski definition) is 0. The van der Waals surface area contributed by atoms with Crippen molar-refractivity contribution < 1.29 is 9.26 Å². The van der Waals surface area contributed by atoms with Gasteiger partial charge in [-0.2, -0.15) is 4.98 Å². The van der Waals surface area contributed by atoms with Gasteiger partial charge >= 0.3 is 0 Å². The molecule has 1 saturated carbocycles. The van der Waals surface area contributed by atoms with Crippen molar-refractivity contribution in [3.8, 4) is 0 Å². The summed E-state index contributed by atoms with van der Waals surface area (Å²) in [4.78, 5) is 9.35. The van der Waals surface area contributed by atoms with E-state index < -0.39 is 0 Å². The molecule has 2 fully saturated rings. The Labute approximate surface area is 120 Å². The zero-order valence-corrected chi connectivity index (χ0v) is 12.3. The molecule has 1 saturated heterocycles. The van der Waals surface area contributed by atoms with E-state index in [4.69, 9.17) is 9.26 Å². The number of nitrogens with zero attached hydrogens (tertiary/aromatic N) is 4. The summed E-state index contributed by atoms with van der Waals surface area (Å²) in [6.45, 7) is 9.87. The van der Waals surface area contributed by atoms with E-state index in [2.05, 4.69) is 19.9 Å². The van der Waals surface area contributed by atoms with Gasteiger partial charge in [0, 0.05) is 45.2 Å². The average molecular weight is 280 g/mol. The molecule has 0 atom stereocenters. The second-order valence-corrected chi connectivity index (χ2v) is 5.64. The maximum absolute atomic E-state index is 5.40. The molecule has 0 unspecified atom stereocenters. The number of aromatic nitrogens is 2. The molecule has 3 rings (SSSR count). The molecule has 6 nitrogen and oxygen atoms in total. The number of rotatable bonds is 7. The van der Waals surface area contributed by atoms with E-state index in [1.54, 1.807) is 0 Å². The molecule has 1 aromatic rings. The summed E-state index contributed by atoms with van der Waals surface area (Å²) in [6.07, 6.45) is 2.42. The van der Waals surface area contributed by atoms with Crippen LogP contribution in [-0.2, 0) is 11.3 Å². The van der Waals surface area contributed by atoms with E-state index in [1.165, 1.54) is 12.8 Å². The molecule has 0 amide bonds. The zero-order valence-electron chi connectivity index (χ0n) is 12.3. The Bertz CT molecular complexity index is 411. The standard InChI is InChI=1S/C14H24N4O2/c1-2-19-10-9-17-5-7-18(8-6-17)11-13-15-14(20-16-13)12-3-4-12/h12H,2-11H2,1H3. The van der Waals surface area contributed by atoms with Gasteiger partial charge in [-0.05, 0) is 19.8 Å². The lowest BCUT2D eigenvalue weighted by Crippen LogP contribution is -2.46. The van der Waals surface area contributed by atoms with E-state index >= 15 is 0 Å².